The Labute approximate surface area is 126 Å². The lowest BCUT2D eigenvalue weighted by Gasteiger charge is -2.23. The quantitative estimate of drug-likeness (QED) is 0.792. The molecule has 0 radical (unpaired) electrons. The standard InChI is InChI=1S/C18H23FN2/c1-4-12-20-13-15-6-5-7-17(19)18(15)21(3)16-10-8-14(2)9-11-16/h5-11,20H,4,12-13H2,1-3H3. The van der Waals surface area contributed by atoms with Gasteiger partial charge in [-0.3, -0.25) is 0 Å². The maximum Gasteiger partial charge on any atom is 0.147 e. The second kappa shape index (κ2) is 7.23. The Bertz CT molecular complexity index is 578. The molecule has 0 saturated carbocycles. The highest BCUT2D eigenvalue weighted by Gasteiger charge is 2.14. The molecule has 0 aliphatic heterocycles. The van der Waals surface area contributed by atoms with E-state index < -0.39 is 0 Å². The number of anilines is 2. The summed E-state index contributed by atoms with van der Waals surface area (Å²) < 4.78 is 14.3. The van der Waals surface area contributed by atoms with Crippen molar-refractivity contribution in [2.75, 3.05) is 18.5 Å². The molecule has 112 valence electrons. The van der Waals surface area contributed by atoms with E-state index in [-0.39, 0.29) is 5.82 Å². The van der Waals surface area contributed by atoms with Crippen molar-refractivity contribution in [2.24, 2.45) is 0 Å². The number of halogens is 1. The Morgan fingerprint density at radius 2 is 1.81 bits per heavy atom. The van der Waals surface area contributed by atoms with Crippen LogP contribution in [0.5, 0.6) is 0 Å². The zero-order valence-electron chi connectivity index (χ0n) is 13.0. The minimum atomic E-state index is -0.186. The van der Waals surface area contributed by atoms with Gasteiger partial charge in [-0.25, -0.2) is 4.39 Å². The van der Waals surface area contributed by atoms with Crippen LogP contribution < -0.4 is 10.2 Å². The first-order chi connectivity index (χ1) is 10.1. The molecule has 1 N–H and O–H groups in total. The second-order valence-corrected chi connectivity index (χ2v) is 5.32. The van der Waals surface area contributed by atoms with E-state index >= 15 is 0 Å². The minimum Gasteiger partial charge on any atom is -0.342 e. The summed E-state index contributed by atoms with van der Waals surface area (Å²) in [4.78, 5) is 1.91. The molecule has 0 atom stereocenters. The molecule has 0 spiro atoms. The molecular weight excluding hydrogens is 263 g/mol. The summed E-state index contributed by atoms with van der Waals surface area (Å²) in [5.74, 6) is -0.186. The third-order valence-corrected chi connectivity index (χ3v) is 3.57. The van der Waals surface area contributed by atoms with Crippen LogP contribution in [0.4, 0.5) is 15.8 Å². The molecule has 2 aromatic rings. The maximum atomic E-state index is 14.3. The van der Waals surface area contributed by atoms with Crippen molar-refractivity contribution in [3.63, 3.8) is 0 Å². The zero-order valence-corrected chi connectivity index (χ0v) is 13.0. The summed E-state index contributed by atoms with van der Waals surface area (Å²) in [6.45, 7) is 5.78. The van der Waals surface area contributed by atoms with Gasteiger partial charge in [-0.2, -0.15) is 0 Å². The van der Waals surface area contributed by atoms with E-state index in [2.05, 4.69) is 12.2 Å². The smallest absolute Gasteiger partial charge is 0.147 e. The molecule has 0 saturated heterocycles. The van der Waals surface area contributed by atoms with Crippen LogP contribution in [-0.2, 0) is 6.54 Å². The average Bonchev–Trinajstić information content (AvgIpc) is 2.48. The van der Waals surface area contributed by atoms with Crippen molar-refractivity contribution in [1.82, 2.24) is 5.32 Å². The largest absolute Gasteiger partial charge is 0.342 e. The topological polar surface area (TPSA) is 15.3 Å². The Balaban J connectivity index is 2.30. The molecule has 2 nitrogen and oxygen atoms in total. The molecule has 0 aliphatic rings. The van der Waals surface area contributed by atoms with Gasteiger partial charge in [-0.05, 0) is 43.7 Å². The first-order valence-corrected chi connectivity index (χ1v) is 7.42. The first kappa shape index (κ1) is 15.5. The number of benzene rings is 2. The molecule has 2 aromatic carbocycles. The van der Waals surface area contributed by atoms with Gasteiger partial charge in [0.1, 0.15) is 5.82 Å². The van der Waals surface area contributed by atoms with Crippen molar-refractivity contribution in [1.29, 1.82) is 0 Å². The second-order valence-electron chi connectivity index (χ2n) is 5.32. The summed E-state index contributed by atoms with van der Waals surface area (Å²) in [7, 11) is 1.91. The molecule has 0 heterocycles. The van der Waals surface area contributed by atoms with Crippen molar-refractivity contribution in [3.8, 4) is 0 Å². The summed E-state index contributed by atoms with van der Waals surface area (Å²) >= 11 is 0. The lowest BCUT2D eigenvalue weighted by Crippen LogP contribution is -2.19. The van der Waals surface area contributed by atoms with E-state index in [1.165, 1.54) is 11.6 Å². The van der Waals surface area contributed by atoms with Gasteiger partial charge in [0.2, 0.25) is 0 Å². The van der Waals surface area contributed by atoms with Gasteiger partial charge in [0.05, 0.1) is 5.69 Å². The highest BCUT2D eigenvalue weighted by atomic mass is 19.1. The zero-order chi connectivity index (χ0) is 15.2. The van der Waals surface area contributed by atoms with Crippen molar-refractivity contribution < 1.29 is 4.39 Å². The van der Waals surface area contributed by atoms with E-state index in [0.717, 1.165) is 24.2 Å². The third kappa shape index (κ3) is 3.82. The lowest BCUT2D eigenvalue weighted by atomic mass is 10.1. The van der Waals surface area contributed by atoms with Crippen LogP contribution in [0.3, 0.4) is 0 Å². The Morgan fingerprint density at radius 1 is 1.10 bits per heavy atom. The Kier molecular flexibility index (Phi) is 5.34. The van der Waals surface area contributed by atoms with Gasteiger partial charge in [-0.1, -0.05) is 36.8 Å². The minimum absolute atomic E-state index is 0.186. The molecule has 3 heteroatoms. The fraction of sp³-hybridized carbons (Fsp3) is 0.333. The van der Waals surface area contributed by atoms with Gasteiger partial charge in [-0.15, -0.1) is 0 Å². The lowest BCUT2D eigenvalue weighted by molar-refractivity contribution is 0.619. The van der Waals surface area contributed by atoms with Crippen LogP contribution in [0.1, 0.15) is 24.5 Å². The van der Waals surface area contributed by atoms with Gasteiger partial charge in [0, 0.05) is 19.3 Å². The highest BCUT2D eigenvalue weighted by molar-refractivity contribution is 5.66. The molecular formula is C18H23FN2. The van der Waals surface area contributed by atoms with Crippen LogP contribution in [0, 0.1) is 12.7 Å². The Morgan fingerprint density at radius 3 is 2.48 bits per heavy atom. The number of para-hydroxylation sites is 1. The SMILES string of the molecule is CCCNCc1cccc(F)c1N(C)c1ccc(C)cc1. The maximum absolute atomic E-state index is 14.3. The molecule has 0 bridgehead atoms. The van der Waals surface area contributed by atoms with Crippen molar-refractivity contribution >= 4 is 11.4 Å². The molecule has 2 rings (SSSR count). The highest BCUT2D eigenvalue weighted by Crippen LogP contribution is 2.30. The van der Waals surface area contributed by atoms with Gasteiger partial charge in [0.25, 0.3) is 0 Å². The molecule has 0 amide bonds. The fourth-order valence-electron chi connectivity index (χ4n) is 2.38. The number of hydrogen-bond donors (Lipinski definition) is 1. The van der Waals surface area contributed by atoms with Crippen molar-refractivity contribution in [2.45, 2.75) is 26.8 Å². The van der Waals surface area contributed by atoms with Crippen molar-refractivity contribution in [3.05, 3.63) is 59.4 Å². The third-order valence-electron chi connectivity index (χ3n) is 3.57. The molecule has 0 aliphatic carbocycles. The van der Waals surface area contributed by atoms with E-state index in [1.54, 1.807) is 6.07 Å². The van der Waals surface area contributed by atoms with Crippen LogP contribution in [-0.4, -0.2) is 13.6 Å². The van der Waals surface area contributed by atoms with Crippen LogP contribution in [0.15, 0.2) is 42.5 Å². The molecule has 0 unspecified atom stereocenters. The van der Waals surface area contributed by atoms with E-state index in [1.807, 2.05) is 49.2 Å². The monoisotopic (exact) mass is 286 g/mol. The Hall–Kier alpha value is -1.87. The first-order valence-electron chi connectivity index (χ1n) is 7.42. The number of nitrogens with one attached hydrogen (secondary N) is 1. The summed E-state index contributed by atoms with van der Waals surface area (Å²) in [5, 5.41) is 3.34. The molecule has 0 aromatic heterocycles. The average molecular weight is 286 g/mol. The number of nitrogens with zero attached hydrogens (tertiary/aromatic N) is 1. The number of rotatable bonds is 6. The predicted molar refractivity (Wildman–Crippen MR) is 87.6 cm³/mol. The molecule has 0 fully saturated rings. The van der Waals surface area contributed by atoms with Crippen LogP contribution in [0.2, 0.25) is 0 Å². The van der Waals surface area contributed by atoms with E-state index in [4.69, 9.17) is 0 Å². The van der Waals surface area contributed by atoms with E-state index in [0.29, 0.717) is 12.2 Å². The van der Waals surface area contributed by atoms with Gasteiger partial charge < -0.3 is 10.2 Å². The summed E-state index contributed by atoms with van der Waals surface area (Å²) in [6.07, 6.45) is 1.07. The fourth-order valence-corrected chi connectivity index (χ4v) is 2.38. The normalized spacial score (nSPS) is 10.7. The van der Waals surface area contributed by atoms with Crippen LogP contribution in [0.25, 0.3) is 0 Å². The summed E-state index contributed by atoms with van der Waals surface area (Å²) in [6, 6.07) is 13.4. The predicted octanol–water partition coefficient (Wildman–Crippen LogP) is 4.40. The van der Waals surface area contributed by atoms with E-state index in [9.17, 15) is 4.39 Å². The van der Waals surface area contributed by atoms with Crippen LogP contribution >= 0.6 is 0 Å². The number of hydrogen-bond acceptors (Lipinski definition) is 2. The summed E-state index contributed by atoms with van der Waals surface area (Å²) in [5.41, 5.74) is 3.81. The van der Waals surface area contributed by atoms with Gasteiger partial charge in [0.15, 0.2) is 0 Å². The van der Waals surface area contributed by atoms with Gasteiger partial charge >= 0.3 is 0 Å². The number of aryl methyl sites for hydroxylation is 1. The molecule has 21 heavy (non-hydrogen) atoms.